The highest BCUT2D eigenvalue weighted by Gasteiger charge is 2.64. The first-order valence-corrected chi connectivity index (χ1v) is 7.99. The van der Waals surface area contributed by atoms with Crippen LogP contribution in [-0.2, 0) is 4.74 Å². The topological polar surface area (TPSA) is 9.23 Å². The SMILES string of the molecule is [2H]C1=C(CCCC)[C@@]23C[C@@H](CC[C@]2(C)CC1([2H])[2H])C(C)(C)O3. The van der Waals surface area contributed by atoms with E-state index in [1.54, 1.807) is 0 Å². The van der Waals surface area contributed by atoms with E-state index in [-0.39, 0.29) is 17.1 Å². The minimum Gasteiger partial charge on any atom is -0.364 e. The summed E-state index contributed by atoms with van der Waals surface area (Å²) >= 11 is 0. The Morgan fingerprint density at radius 3 is 2.95 bits per heavy atom. The molecule has 3 aliphatic rings. The summed E-state index contributed by atoms with van der Waals surface area (Å²) in [4.78, 5) is 0. The van der Waals surface area contributed by atoms with Crippen molar-refractivity contribution in [2.24, 2.45) is 11.3 Å². The van der Waals surface area contributed by atoms with Gasteiger partial charge in [-0.05, 0) is 70.2 Å². The zero-order valence-corrected chi connectivity index (χ0v) is 12.9. The predicted molar refractivity (Wildman–Crippen MR) is 80.2 cm³/mol. The van der Waals surface area contributed by atoms with E-state index in [1.807, 2.05) is 0 Å². The Bertz CT molecular complexity index is 510. The van der Waals surface area contributed by atoms with E-state index in [4.69, 9.17) is 8.85 Å². The third-order valence-corrected chi connectivity index (χ3v) is 5.96. The molecule has 1 spiro atoms. The fourth-order valence-corrected chi connectivity index (χ4v) is 4.53. The van der Waals surface area contributed by atoms with Gasteiger partial charge in [0.25, 0.3) is 0 Å². The van der Waals surface area contributed by atoms with Crippen LogP contribution < -0.4 is 0 Å². The Morgan fingerprint density at radius 2 is 2.21 bits per heavy atom. The highest BCUT2D eigenvalue weighted by molar-refractivity contribution is 5.31. The Morgan fingerprint density at radius 1 is 1.42 bits per heavy atom. The number of unbranched alkanes of at least 4 members (excludes halogenated alkanes) is 1. The van der Waals surface area contributed by atoms with Crippen LogP contribution in [0.15, 0.2) is 11.6 Å². The standard InChI is InChI=1S/C18H30O/c1-5-6-8-14-9-7-11-17(4)12-10-15-13-18(14,17)19-16(15,2)3/h9,15H,5-8,10-13H2,1-4H3/t15-,17+,18+/m1/s1/i7D2,9D. The summed E-state index contributed by atoms with van der Waals surface area (Å²) in [6.07, 6.45) is 4.93. The minimum atomic E-state index is -1.51. The summed E-state index contributed by atoms with van der Waals surface area (Å²) in [5.41, 5.74) is 0.258. The van der Waals surface area contributed by atoms with Gasteiger partial charge in [-0.25, -0.2) is 0 Å². The molecular formula is C18H30O. The van der Waals surface area contributed by atoms with Crippen LogP contribution in [0, 0.1) is 11.3 Å². The summed E-state index contributed by atoms with van der Waals surface area (Å²) in [5.74, 6) is 0.536. The van der Waals surface area contributed by atoms with Crippen molar-refractivity contribution in [2.45, 2.75) is 90.2 Å². The number of rotatable bonds is 3. The molecule has 0 aromatic heterocycles. The molecule has 3 rings (SSSR count). The van der Waals surface area contributed by atoms with Gasteiger partial charge in [-0.1, -0.05) is 26.3 Å². The maximum absolute atomic E-state index is 8.52. The molecule has 0 unspecified atom stereocenters. The molecule has 0 aromatic carbocycles. The van der Waals surface area contributed by atoms with Crippen LogP contribution in [0.3, 0.4) is 0 Å². The molecule has 0 amide bonds. The van der Waals surface area contributed by atoms with Crippen LogP contribution in [-0.4, -0.2) is 11.2 Å². The molecule has 0 radical (unpaired) electrons. The molecular weight excluding hydrogens is 232 g/mol. The van der Waals surface area contributed by atoms with Crippen LogP contribution in [0.1, 0.15) is 83.1 Å². The van der Waals surface area contributed by atoms with E-state index < -0.39 is 12.0 Å². The van der Waals surface area contributed by atoms with Crippen molar-refractivity contribution in [3.8, 4) is 0 Å². The van der Waals surface area contributed by atoms with Crippen LogP contribution in [0.2, 0.25) is 0 Å². The Kier molecular flexibility index (Phi) is 2.39. The molecule has 0 aromatic rings. The molecule has 2 fully saturated rings. The van der Waals surface area contributed by atoms with Gasteiger partial charge in [-0.2, -0.15) is 0 Å². The number of hydrogen-bond donors (Lipinski definition) is 0. The second-order valence-electron chi connectivity index (χ2n) is 7.59. The molecule has 1 saturated carbocycles. The lowest BCUT2D eigenvalue weighted by atomic mass is 9.55. The molecule has 1 nitrogen and oxygen atoms in total. The molecule has 1 saturated heterocycles. The predicted octanol–water partition coefficient (Wildman–Crippen LogP) is 5.25. The first-order chi connectivity index (χ1) is 10.1. The third-order valence-electron chi connectivity index (χ3n) is 5.96. The van der Waals surface area contributed by atoms with Gasteiger partial charge in [-0.3, -0.25) is 0 Å². The van der Waals surface area contributed by atoms with Crippen molar-refractivity contribution >= 4 is 0 Å². The monoisotopic (exact) mass is 265 g/mol. The zero-order chi connectivity index (χ0) is 16.4. The Labute approximate surface area is 123 Å². The van der Waals surface area contributed by atoms with Gasteiger partial charge in [-0.15, -0.1) is 0 Å². The first-order valence-electron chi connectivity index (χ1n) is 9.49. The summed E-state index contributed by atoms with van der Waals surface area (Å²) in [6, 6.07) is 0.219. The third kappa shape index (κ3) is 1.84. The van der Waals surface area contributed by atoms with E-state index in [1.165, 1.54) is 0 Å². The van der Waals surface area contributed by atoms with Gasteiger partial charge in [0.2, 0.25) is 0 Å². The summed E-state index contributed by atoms with van der Waals surface area (Å²) in [6.45, 7) is 8.73. The second kappa shape index (κ2) is 4.35. The lowest BCUT2D eigenvalue weighted by molar-refractivity contribution is -0.132. The van der Waals surface area contributed by atoms with Gasteiger partial charge < -0.3 is 4.74 Å². The lowest BCUT2D eigenvalue weighted by Crippen LogP contribution is -2.51. The molecule has 2 bridgehead atoms. The molecule has 2 aliphatic carbocycles. The van der Waals surface area contributed by atoms with Crippen LogP contribution in [0.5, 0.6) is 0 Å². The zero-order valence-electron chi connectivity index (χ0n) is 15.9. The summed E-state index contributed by atoms with van der Waals surface area (Å²) in [7, 11) is 0. The van der Waals surface area contributed by atoms with Crippen molar-refractivity contribution in [1.29, 1.82) is 0 Å². The second-order valence-corrected chi connectivity index (χ2v) is 7.59. The highest BCUT2D eigenvalue weighted by Crippen LogP contribution is 2.65. The van der Waals surface area contributed by atoms with Gasteiger partial charge in [0, 0.05) is 8.16 Å². The van der Waals surface area contributed by atoms with Crippen molar-refractivity contribution in [2.75, 3.05) is 0 Å². The molecule has 108 valence electrons. The normalized spacial score (nSPS) is 49.3. The number of fused-ring (bicyclic) bond motifs is 1. The Balaban J connectivity index is 2.14. The summed E-state index contributed by atoms with van der Waals surface area (Å²) < 4.78 is 32.0. The van der Waals surface area contributed by atoms with Crippen molar-refractivity contribution in [3.05, 3.63) is 11.6 Å². The largest absolute Gasteiger partial charge is 0.364 e. The van der Waals surface area contributed by atoms with Gasteiger partial charge in [0.15, 0.2) is 0 Å². The van der Waals surface area contributed by atoms with Crippen molar-refractivity contribution < 1.29 is 8.85 Å². The minimum absolute atomic E-state index is 0.153. The van der Waals surface area contributed by atoms with Crippen LogP contribution in [0.25, 0.3) is 0 Å². The van der Waals surface area contributed by atoms with E-state index in [9.17, 15) is 0 Å². The number of hydrogen-bond acceptors (Lipinski definition) is 1. The smallest absolute Gasteiger partial charge is 0.0955 e. The molecule has 3 atom stereocenters. The van der Waals surface area contributed by atoms with Crippen LogP contribution >= 0.6 is 0 Å². The number of ether oxygens (including phenoxy) is 1. The highest BCUT2D eigenvalue weighted by atomic mass is 16.5. The quantitative estimate of drug-likeness (QED) is 0.633. The van der Waals surface area contributed by atoms with E-state index in [0.717, 1.165) is 44.1 Å². The summed E-state index contributed by atoms with van der Waals surface area (Å²) in [5, 5.41) is 0. The molecule has 1 heterocycles. The maximum atomic E-state index is 8.52. The van der Waals surface area contributed by atoms with Gasteiger partial charge in [0.05, 0.1) is 12.6 Å². The molecule has 19 heavy (non-hydrogen) atoms. The van der Waals surface area contributed by atoms with Crippen LogP contribution in [0.4, 0.5) is 0 Å². The first kappa shape index (κ1) is 10.4. The Hall–Kier alpha value is -0.300. The van der Waals surface area contributed by atoms with Gasteiger partial charge in [0.1, 0.15) is 0 Å². The average Bonchev–Trinajstić information content (AvgIpc) is 2.63. The fraction of sp³-hybridized carbons (Fsp3) is 0.889. The molecule has 1 aliphatic heterocycles. The fourth-order valence-electron chi connectivity index (χ4n) is 4.53. The van der Waals surface area contributed by atoms with Gasteiger partial charge >= 0.3 is 0 Å². The lowest BCUT2D eigenvalue weighted by Gasteiger charge is -2.52. The molecule has 1 heteroatoms. The average molecular weight is 265 g/mol. The number of allylic oxidation sites excluding steroid dienone is 1. The maximum Gasteiger partial charge on any atom is 0.0955 e. The van der Waals surface area contributed by atoms with Crippen molar-refractivity contribution in [1.82, 2.24) is 0 Å². The van der Waals surface area contributed by atoms with Crippen molar-refractivity contribution in [3.63, 3.8) is 0 Å². The van der Waals surface area contributed by atoms with E-state index >= 15 is 0 Å². The molecule has 0 N–H and O–H groups in total. The van der Waals surface area contributed by atoms with E-state index in [2.05, 4.69) is 27.7 Å². The van der Waals surface area contributed by atoms with E-state index in [0.29, 0.717) is 12.3 Å².